The number of furan rings is 1. The second-order valence-electron chi connectivity index (χ2n) is 3.59. The van der Waals surface area contributed by atoms with E-state index in [1.807, 2.05) is 6.92 Å². The van der Waals surface area contributed by atoms with Crippen LogP contribution in [0.15, 0.2) is 16.7 Å². The summed E-state index contributed by atoms with van der Waals surface area (Å²) in [7, 11) is 0. The van der Waals surface area contributed by atoms with E-state index in [1.165, 1.54) is 6.26 Å². The van der Waals surface area contributed by atoms with E-state index in [4.69, 9.17) is 9.52 Å². The Kier molecular flexibility index (Phi) is 4.10. The quantitative estimate of drug-likeness (QED) is 0.797. The fourth-order valence-corrected chi connectivity index (χ4v) is 1.38. The Morgan fingerprint density at radius 3 is 2.69 bits per heavy atom. The molecule has 88 valence electrons. The third kappa shape index (κ3) is 2.85. The van der Waals surface area contributed by atoms with Crippen LogP contribution in [0.4, 0.5) is 0 Å². The number of carbonyl (C=O) groups is 2. The highest BCUT2D eigenvalue weighted by atomic mass is 16.4. The van der Waals surface area contributed by atoms with Crippen molar-refractivity contribution in [2.45, 2.75) is 32.7 Å². The molecular formula is C11H15NO4. The lowest BCUT2D eigenvalue weighted by molar-refractivity contribution is -0.139. The highest BCUT2D eigenvalue weighted by Gasteiger charge is 2.21. The molecule has 1 rings (SSSR count). The van der Waals surface area contributed by atoms with E-state index in [-0.39, 0.29) is 5.76 Å². The Balaban J connectivity index is 2.69. The van der Waals surface area contributed by atoms with Crippen LogP contribution in [-0.2, 0) is 4.79 Å². The van der Waals surface area contributed by atoms with Crippen molar-refractivity contribution in [1.29, 1.82) is 0 Å². The SMILES string of the molecule is CCCC(NC(=O)c1occc1C)C(=O)O. The summed E-state index contributed by atoms with van der Waals surface area (Å²) < 4.78 is 4.98. The van der Waals surface area contributed by atoms with Gasteiger partial charge in [0, 0.05) is 5.56 Å². The number of hydrogen-bond acceptors (Lipinski definition) is 3. The van der Waals surface area contributed by atoms with Crippen molar-refractivity contribution in [1.82, 2.24) is 5.32 Å². The van der Waals surface area contributed by atoms with Crippen molar-refractivity contribution >= 4 is 11.9 Å². The molecule has 0 saturated heterocycles. The van der Waals surface area contributed by atoms with Crippen LogP contribution in [0.5, 0.6) is 0 Å². The highest BCUT2D eigenvalue weighted by Crippen LogP contribution is 2.09. The zero-order valence-corrected chi connectivity index (χ0v) is 9.32. The average Bonchev–Trinajstić information content (AvgIpc) is 2.63. The van der Waals surface area contributed by atoms with E-state index in [2.05, 4.69) is 5.32 Å². The fourth-order valence-electron chi connectivity index (χ4n) is 1.38. The number of hydrogen-bond donors (Lipinski definition) is 2. The van der Waals surface area contributed by atoms with Crippen LogP contribution in [-0.4, -0.2) is 23.0 Å². The maximum absolute atomic E-state index is 11.6. The third-order valence-corrected chi connectivity index (χ3v) is 2.25. The van der Waals surface area contributed by atoms with Gasteiger partial charge in [0.25, 0.3) is 5.91 Å². The largest absolute Gasteiger partial charge is 0.480 e. The first-order valence-corrected chi connectivity index (χ1v) is 5.14. The second kappa shape index (κ2) is 5.34. The lowest BCUT2D eigenvalue weighted by Gasteiger charge is -2.12. The number of nitrogens with one attached hydrogen (secondary N) is 1. The molecule has 0 fully saturated rings. The van der Waals surface area contributed by atoms with Crippen LogP contribution in [0.25, 0.3) is 0 Å². The molecule has 0 aromatic carbocycles. The summed E-state index contributed by atoms with van der Waals surface area (Å²) in [6, 6.07) is 0.798. The lowest BCUT2D eigenvalue weighted by Crippen LogP contribution is -2.40. The summed E-state index contributed by atoms with van der Waals surface area (Å²) in [5.41, 5.74) is 0.693. The number of rotatable bonds is 5. The maximum atomic E-state index is 11.6. The Labute approximate surface area is 93.4 Å². The molecule has 0 spiro atoms. The molecule has 0 bridgehead atoms. The topological polar surface area (TPSA) is 79.5 Å². The normalized spacial score (nSPS) is 12.1. The first kappa shape index (κ1) is 12.3. The Hall–Kier alpha value is -1.78. The molecule has 0 aliphatic rings. The van der Waals surface area contributed by atoms with Gasteiger partial charge in [-0.2, -0.15) is 0 Å². The molecular weight excluding hydrogens is 210 g/mol. The van der Waals surface area contributed by atoms with E-state index in [0.29, 0.717) is 18.4 Å². The van der Waals surface area contributed by atoms with Gasteiger partial charge >= 0.3 is 5.97 Å². The van der Waals surface area contributed by atoms with E-state index >= 15 is 0 Å². The molecule has 0 aliphatic heterocycles. The Bertz CT molecular complexity index is 383. The second-order valence-corrected chi connectivity index (χ2v) is 3.59. The summed E-state index contributed by atoms with van der Waals surface area (Å²) in [6.07, 6.45) is 2.50. The minimum atomic E-state index is -1.03. The van der Waals surface area contributed by atoms with Crippen LogP contribution in [0, 0.1) is 6.92 Å². The first-order valence-electron chi connectivity index (χ1n) is 5.14. The predicted molar refractivity (Wildman–Crippen MR) is 57.2 cm³/mol. The molecule has 0 saturated carbocycles. The average molecular weight is 225 g/mol. The zero-order chi connectivity index (χ0) is 12.1. The molecule has 5 nitrogen and oxygen atoms in total. The van der Waals surface area contributed by atoms with Gasteiger partial charge in [0.15, 0.2) is 5.76 Å². The van der Waals surface area contributed by atoms with Gasteiger partial charge in [0.2, 0.25) is 0 Å². The van der Waals surface area contributed by atoms with Crippen molar-refractivity contribution in [3.63, 3.8) is 0 Å². The molecule has 1 amide bonds. The van der Waals surface area contributed by atoms with Crippen LogP contribution in [0.2, 0.25) is 0 Å². The van der Waals surface area contributed by atoms with E-state index in [9.17, 15) is 9.59 Å². The predicted octanol–water partition coefficient (Wildman–Crippen LogP) is 1.57. The van der Waals surface area contributed by atoms with Crippen LogP contribution in [0.3, 0.4) is 0 Å². The number of amides is 1. The van der Waals surface area contributed by atoms with Crippen molar-refractivity contribution in [2.24, 2.45) is 0 Å². The lowest BCUT2D eigenvalue weighted by atomic mass is 10.1. The van der Waals surface area contributed by atoms with Gasteiger partial charge in [-0.3, -0.25) is 4.79 Å². The molecule has 0 radical (unpaired) electrons. The molecule has 2 N–H and O–H groups in total. The van der Waals surface area contributed by atoms with Crippen LogP contribution >= 0.6 is 0 Å². The molecule has 16 heavy (non-hydrogen) atoms. The van der Waals surface area contributed by atoms with E-state index < -0.39 is 17.9 Å². The smallest absolute Gasteiger partial charge is 0.326 e. The fraction of sp³-hybridized carbons (Fsp3) is 0.455. The first-order chi connectivity index (χ1) is 7.56. The summed E-state index contributed by atoms with van der Waals surface area (Å²) in [5, 5.41) is 11.3. The van der Waals surface area contributed by atoms with Gasteiger partial charge in [-0.1, -0.05) is 13.3 Å². The molecule has 1 unspecified atom stereocenters. The molecule has 1 aromatic heterocycles. The van der Waals surface area contributed by atoms with Gasteiger partial charge in [-0.15, -0.1) is 0 Å². The summed E-state index contributed by atoms with van der Waals surface area (Å²) in [5.74, 6) is -1.34. The van der Waals surface area contributed by atoms with Gasteiger partial charge in [0.1, 0.15) is 6.04 Å². The highest BCUT2D eigenvalue weighted by molar-refractivity contribution is 5.95. The number of carbonyl (C=O) groups excluding carboxylic acids is 1. The van der Waals surface area contributed by atoms with Gasteiger partial charge < -0.3 is 14.8 Å². The summed E-state index contributed by atoms with van der Waals surface area (Å²) in [6.45, 7) is 3.59. The molecule has 1 aromatic rings. The molecule has 1 heterocycles. The Morgan fingerprint density at radius 2 is 2.25 bits per heavy atom. The van der Waals surface area contributed by atoms with Gasteiger partial charge in [-0.05, 0) is 19.4 Å². The van der Waals surface area contributed by atoms with Crippen molar-refractivity contribution in [3.8, 4) is 0 Å². The minimum absolute atomic E-state index is 0.169. The zero-order valence-electron chi connectivity index (χ0n) is 9.32. The summed E-state index contributed by atoms with van der Waals surface area (Å²) >= 11 is 0. The van der Waals surface area contributed by atoms with Crippen LogP contribution in [0.1, 0.15) is 35.9 Å². The third-order valence-electron chi connectivity index (χ3n) is 2.25. The van der Waals surface area contributed by atoms with Crippen LogP contribution < -0.4 is 5.32 Å². The van der Waals surface area contributed by atoms with Crippen molar-refractivity contribution < 1.29 is 19.1 Å². The van der Waals surface area contributed by atoms with Gasteiger partial charge in [-0.25, -0.2) is 4.79 Å². The van der Waals surface area contributed by atoms with Crippen molar-refractivity contribution in [3.05, 3.63) is 23.7 Å². The van der Waals surface area contributed by atoms with Crippen molar-refractivity contribution in [2.75, 3.05) is 0 Å². The summed E-state index contributed by atoms with van der Waals surface area (Å²) in [4.78, 5) is 22.5. The number of aliphatic carboxylic acids is 1. The van der Waals surface area contributed by atoms with E-state index in [1.54, 1.807) is 13.0 Å². The monoisotopic (exact) mass is 225 g/mol. The standard InChI is InChI=1S/C11H15NO4/c1-3-4-8(11(14)15)12-10(13)9-7(2)5-6-16-9/h5-6,8H,3-4H2,1-2H3,(H,12,13)(H,14,15). The molecule has 0 aliphatic carbocycles. The number of carboxylic acid groups (broad SMARTS) is 1. The minimum Gasteiger partial charge on any atom is -0.480 e. The van der Waals surface area contributed by atoms with E-state index in [0.717, 1.165) is 0 Å². The molecule has 5 heteroatoms. The molecule has 1 atom stereocenters. The number of aryl methyl sites for hydroxylation is 1. The Morgan fingerprint density at radius 1 is 1.56 bits per heavy atom. The maximum Gasteiger partial charge on any atom is 0.326 e. The van der Waals surface area contributed by atoms with Gasteiger partial charge in [0.05, 0.1) is 6.26 Å². The number of carboxylic acids is 1.